The highest BCUT2D eigenvalue weighted by molar-refractivity contribution is 5.96. The molecule has 2 aromatic heterocycles. The average molecular weight is 354 g/mol. The summed E-state index contributed by atoms with van der Waals surface area (Å²) in [4.78, 5) is 32.1. The maximum Gasteiger partial charge on any atom is 0.337 e. The van der Waals surface area contributed by atoms with E-state index in [-0.39, 0.29) is 12.5 Å². The molecule has 1 N–H and O–H groups in total. The maximum atomic E-state index is 12.2. The molecule has 8 nitrogen and oxygen atoms in total. The van der Waals surface area contributed by atoms with Crippen LogP contribution in [0.15, 0.2) is 42.9 Å². The monoisotopic (exact) mass is 354 g/mol. The van der Waals surface area contributed by atoms with Gasteiger partial charge in [-0.3, -0.25) is 4.79 Å². The number of methoxy groups -OCH3 is 1. The Labute approximate surface area is 149 Å². The van der Waals surface area contributed by atoms with Crippen molar-refractivity contribution in [3.05, 3.63) is 54.0 Å². The third-order valence-corrected chi connectivity index (χ3v) is 3.73. The minimum atomic E-state index is -0.429. The third kappa shape index (κ3) is 3.80. The fourth-order valence-corrected chi connectivity index (χ4v) is 2.41. The Morgan fingerprint density at radius 2 is 2.04 bits per heavy atom. The van der Waals surface area contributed by atoms with E-state index in [1.807, 2.05) is 7.05 Å². The van der Waals surface area contributed by atoms with Crippen molar-refractivity contribution >= 4 is 23.0 Å². The second-order valence-electron chi connectivity index (χ2n) is 5.55. The van der Waals surface area contributed by atoms with Gasteiger partial charge in [0.05, 0.1) is 31.1 Å². The Morgan fingerprint density at radius 1 is 1.19 bits per heavy atom. The van der Waals surface area contributed by atoms with Gasteiger partial charge in [0.2, 0.25) is 0 Å². The van der Waals surface area contributed by atoms with E-state index in [1.165, 1.54) is 13.3 Å². The number of hydrogen-bond donors (Lipinski definition) is 1. The number of nitrogens with zero attached hydrogens (tertiary/aromatic N) is 3. The van der Waals surface area contributed by atoms with Crippen LogP contribution in [0.2, 0.25) is 0 Å². The van der Waals surface area contributed by atoms with Crippen molar-refractivity contribution in [2.24, 2.45) is 7.05 Å². The van der Waals surface area contributed by atoms with Crippen LogP contribution < -0.4 is 10.1 Å². The number of nitrogens with one attached hydrogen (secondary N) is 1. The molecule has 0 bridgehead atoms. The molecule has 0 aliphatic rings. The van der Waals surface area contributed by atoms with Gasteiger partial charge in [-0.25, -0.2) is 14.8 Å². The van der Waals surface area contributed by atoms with Crippen molar-refractivity contribution in [3.8, 4) is 5.75 Å². The number of carbonyl (C=O) groups excluding carboxylic acids is 2. The number of amides is 1. The lowest BCUT2D eigenvalue weighted by Gasteiger charge is -2.09. The highest BCUT2D eigenvalue weighted by Gasteiger charge is 2.10. The number of aromatic nitrogens is 3. The molecule has 3 aromatic rings. The van der Waals surface area contributed by atoms with Gasteiger partial charge in [0, 0.05) is 13.2 Å². The first kappa shape index (κ1) is 17.4. The Bertz CT molecular complexity index is 951. The maximum absolute atomic E-state index is 12.2. The zero-order chi connectivity index (χ0) is 18.5. The van der Waals surface area contributed by atoms with Gasteiger partial charge >= 0.3 is 5.97 Å². The summed E-state index contributed by atoms with van der Waals surface area (Å²) in [6.07, 6.45) is 3.16. The number of ether oxygens (including phenoxy) is 2. The number of hydrogen-bond acceptors (Lipinski definition) is 6. The Kier molecular flexibility index (Phi) is 5.12. The summed E-state index contributed by atoms with van der Waals surface area (Å²) in [5.74, 6) is -0.156. The molecular weight excluding hydrogens is 336 g/mol. The average Bonchev–Trinajstić information content (AvgIpc) is 3.05. The van der Waals surface area contributed by atoms with Gasteiger partial charge in [-0.1, -0.05) is 6.07 Å². The Balaban J connectivity index is 1.52. The lowest BCUT2D eigenvalue weighted by molar-refractivity contribution is 0.0600. The normalized spacial score (nSPS) is 10.5. The highest BCUT2D eigenvalue weighted by atomic mass is 16.5. The largest absolute Gasteiger partial charge is 0.492 e. The Morgan fingerprint density at radius 3 is 2.85 bits per heavy atom. The van der Waals surface area contributed by atoms with Crippen LogP contribution in [0.1, 0.15) is 20.7 Å². The fraction of sp³-hybridized carbons (Fsp3) is 0.222. The lowest BCUT2D eigenvalue weighted by atomic mass is 10.2. The SMILES string of the molecule is COC(=O)c1cccc(OCCNC(=O)c2cnc3c(c2)ncn3C)c1. The number of pyridine rings is 1. The van der Waals surface area contributed by atoms with Crippen molar-refractivity contribution in [1.29, 1.82) is 0 Å². The summed E-state index contributed by atoms with van der Waals surface area (Å²) in [7, 11) is 3.16. The first-order valence-electron chi connectivity index (χ1n) is 7.95. The zero-order valence-corrected chi connectivity index (χ0v) is 14.4. The van der Waals surface area contributed by atoms with E-state index < -0.39 is 5.97 Å². The minimum Gasteiger partial charge on any atom is -0.492 e. The molecule has 1 aromatic carbocycles. The molecule has 1 amide bonds. The van der Waals surface area contributed by atoms with Gasteiger partial charge in [-0.2, -0.15) is 0 Å². The third-order valence-electron chi connectivity index (χ3n) is 3.73. The van der Waals surface area contributed by atoms with E-state index in [4.69, 9.17) is 4.74 Å². The molecule has 0 saturated carbocycles. The van der Waals surface area contributed by atoms with Gasteiger partial charge in [0.15, 0.2) is 5.65 Å². The number of rotatable bonds is 6. The summed E-state index contributed by atoms with van der Waals surface area (Å²) in [5, 5.41) is 2.76. The van der Waals surface area contributed by atoms with Crippen LogP contribution >= 0.6 is 0 Å². The van der Waals surface area contributed by atoms with Crippen molar-refractivity contribution in [3.63, 3.8) is 0 Å². The molecule has 0 saturated heterocycles. The number of esters is 1. The molecule has 0 atom stereocenters. The number of carbonyl (C=O) groups is 2. The molecule has 2 heterocycles. The van der Waals surface area contributed by atoms with Crippen molar-refractivity contribution in [2.45, 2.75) is 0 Å². The first-order chi connectivity index (χ1) is 12.6. The minimum absolute atomic E-state index is 0.253. The quantitative estimate of drug-likeness (QED) is 0.533. The van der Waals surface area contributed by atoms with E-state index >= 15 is 0 Å². The van der Waals surface area contributed by atoms with E-state index in [9.17, 15) is 9.59 Å². The summed E-state index contributed by atoms with van der Waals surface area (Å²) >= 11 is 0. The molecule has 0 fully saturated rings. The topological polar surface area (TPSA) is 95.3 Å². The molecular formula is C18H18N4O4. The molecule has 8 heteroatoms. The van der Waals surface area contributed by atoms with Crippen LogP contribution in [0.4, 0.5) is 0 Å². The summed E-state index contributed by atoms with van der Waals surface area (Å²) in [6, 6.07) is 8.35. The summed E-state index contributed by atoms with van der Waals surface area (Å²) < 4.78 is 12.0. The second kappa shape index (κ2) is 7.64. The van der Waals surface area contributed by atoms with Gasteiger partial charge in [0.1, 0.15) is 17.9 Å². The van der Waals surface area contributed by atoms with E-state index in [0.29, 0.717) is 28.9 Å². The van der Waals surface area contributed by atoms with Crippen LogP contribution in [-0.4, -0.2) is 46.7 Å². The Hall–Kier alpha value is -3.42. The number of fused-ring (bicyclic) bond motifs is 1. The standard InChI is InChI=1S/C18H18N4O4/c1-22-11-21-15-9-13(10-20-16(15)22)17(23)19-6-7-26-14-5-3-4-12(8-14)18(24)25-2/h3-5,8-11H,6-7H2,1-2H3,(H,19,23). The number of aryl methyl sites for hydroxylation is 1. The van der Waals surface area contributed by atoms with Crippen LogP contribution in [0.3, 0.4) is 0 Å². The van der Waals surface area contributed by atoms with E-state index in [0.717, 1.165) is 5.65 Å². The predicted molar refractivity (Wildman–Crippen MR) is 94.1 cm³/mol. The van der Waals surface area contributed by atoms with Crippen LogP contribution in [0, 0.1) is 0 Å². The zero-order valence-electron chi connectivity index (χ0n) is 14.4. The summed E-state index contributed by atoms with van der Waals surface area (Å²) in [6.45, 7) is 0.567. The first-order valence-corrected chi connectivity index (χ1v) is 7.95. The second-order valence-corrected chi connectivity index (χ2v) is 5.55. The fourth-order valence-electron chi connectivity index (χ4n) is 2.41. The van der Waals surface area contributed by atoms with Gasteiger partial charge in [-0.05, 0) is 24.3 Å². The predicted octanol–water partition coefficient (Wildman–Crippen LogP) is 1.56. The molecule has 26 heavy (non-hydrogen) atoms. The number of benzene rings is 1. The van der Waals surface area contributed by atoms with Crippen molar-refractivity contribution in [2.75, 3.05) is 20.3 Å². The molecule has 3 rings (SSSR count). The van der Waals surface area contributed by atoms with E-state index in [2.05, 4.69) is 20.0 Å². The van der Waals surface area contributed by atoms with Gasteiger partial charge < -0.3 is 19.4 Å². The van der Waals surface area contributed by atoms with Crippen molar-refractivity contribution < 1.29 is 19.1 Å². The van der Waals surface area contributed by atoms with Crippen LogP contribution in [-0.2, 0) is 11.8 Å². The van der Waals surface area contributed by atoms with Crippen molar-refractivity contribution in [1.82, 2.24) is 19.9 Å². The molecule has 0 aliphatic heterocycles. The molecule has 134 valence electrons. The number of imidazole rings is 1. The smallest absolute Gasteiger partial charge is 0.337 e. The van der Waals surface area contributed by atoms with Crippen LogP contribution in [0.5, 0.6) is 5.75 Å². The van der Waals surface area contributed by atoms with Gasteiger partial charge in [-0.15, -0.1) is 0 Å². The van der Waals surface area contributed by atoms with Gasteiger partial charge in [0.25, 0.3) is 5.91 Å². The lowest BCUT2D eigenvalue weighted by Crippen LogP contribution is -2.28. The molecule has 0 aliphatic carbocycles. The molecule has 0 radical (unpaired) electrons. The van der Waals surface area contributed by atoms with Crippen LogP contribution in [0.25, 0.3) is 11.2 Å². The van der Waals surface area contributed by atoms with E-state index in [1.54, 1.807) is 41.2 Å². The summed E-state index contributed by atoms with van der Waals surface area (Å²) in [5.41, 5.74) is 2.22. The molecule has 0 spiro atoms. The molecule has 0 unspecified atom stereocenters. The highest BCUT2D eigenvalue weighted by Crippen LogP contribution is 2.14.